The number of aryl methyl sites for hydroxylation is 1. The maximum atomic E-state index is 10.1. The Hall–Kier alpha value is -0.840. The summed E-state index contributed by atoms with van der Waals surface area (Å²) in [5.74, 6) is 0. The standard InChI is InChI=1S/C10H11ClN2OS/c1-2-13-6-12-5-8(13)9(14)10-7(11)3-4-15-10/h3-6,9,14H,2H2,1H3. The van der Waals surface area contributed by atoms with Gasteiger partial charge in [0, 0.05) is 6.54 Å². The van der Waals surface area contributed by atoms with E-state index in [-0.39, 0.29) is 0 Å². The SMILES string of the molecule is CCn1cncc1C(O)c1sccc1Cl. The highest BCUT2D eigenvalue weighted by Gasteiger charge is 2.18. The molecular weight excluding hydrogens is 232 g/mol. The van der Waals surface area contributed by atoms with Crippen molar-refractivity contribution in [3.8, 4) is 0 Å². The third kappa shape index (κ3) is 1.93. The molecule has 0 bridgehead atoms. The van der Waals surface area contributed by atoms with Crippen LogP contribution in [0.3, 0.4) is 0 Å². The van der Waals surface area contributed by atoms with Gasteiger partial charge in [-0.15, -0.1) is 11.3 Å². The summed E-state index contributed by atoms with van der Waals surface area (Å²) >= 11 is 7.42. The highest BCUT2D eigenvalue weighted by atomic mass is 35.5. The molecule has 2 heterocycles. The fourth-order valence-corrected chi connectivity index (χ4v) is 2.61. The topological polar surface area (TPSA) is 38.0 Å². The summed E-state index contributed by atoms with van der Waals surface area (Å²) in [6.45, 7) is 2.79. The number of thiophene rings is 1. The average molecular weight is 243 g/mol. The third-order valence-electron chi connectivity index (χ3n) is 2.26. The van der Waals surface area contributed by atoms with Gasteiger partial charge in [0.25, 0.3) is 0 Å². The lowest BCUT2D eigenvalue weighted by atomic mass is 10.2. The smallest absolute Gasteiger partial charge is 0.131 e. The number of imidazole rings is 1. The number of hydrogen-bond donors (Lipinski definition) is 1. The summed E-state index contributed by atoms with van der Waals surface area (Å²) < 4.78 is 1.90. The summed E-state index contributed by atoms with van der Waals surface area (Å²) in [5, 5.41) is 12.6. The molecule has 3 nitrogen and oxygen atoms in total. The van der Waals surface area contributed by atoms with Gasteiger partial charge in [-0.25, -0.2) is 4.98 Å². The van der Waals surface area contributed by atoms with Gasteiger partial charge in [-0.2, -0.15) is 0 Å². The molecule has 0 saturated heterocycles. The van der Waals surface area contributed by atoms with Crippen molar-refractivity contribution in [2.24, 2.45) is 0 Å². The Morgan fingerprint density at radius 3 is 3.07 bits per heavy atom. The molecule has 0 aromatic carbocycles. The third-order valence-corrected chi connectivity index (χ3v) is 3.67. The normalized spacial score (nSPS) is 13.0. The molecule has 2 aromatic rings. The monoisotopic (exact) mass is 242 g/mol. The first-order valence-electron chi connectivity index (χ1n) is 4.65. The quantitative estimate of drug-likeness (QED) is 0.899. The van der Waals surface area contributed by atoms with E-state index in [0.717, 1.165) is 17.1 Å². The molecule has 1 unspecified atom stereocenters. The molecule has 80 valence electrons. The summed E-state index contributed by atoms with van der Waals surface area (Å²) in [5.41, 5.74) is 0.779. The van der Waals surface area contributed by atoms with E-state index in [9.17, 15) is 5.11 Å². The molecule has 15 heavy (non-hydrogen) atoms. The maximum absolute atomic E-state index is 10.1. The molecule has 1 atom stereocenters. The molecule has 5 heteroatoms. The van der Waals surface area contributed by atoms with Crippen LogP contribution >= 0.6 is 22.9 Å². The number of nitrogens with zero attached hydrogens (tertiary/aromatic N) is 2. The summed E-state index contributed by atoms with van der Waals surface area (Å²) in [6, 6.07) is 1.79. The lowest BCUT2D eigenvalue weighted by Crippen LogP contribution is -2.06. The Morgan fingerprint density at radius 1 is 1.67 bits per heavy atom. The Morgan fingerprint density at radius 2 is 2.47 bits per heavy atom. The van der Waals surface area contributed by atoms with Crippen LogP contribution in [0, 0.1) is 0 Å². The molecule has 2 rings (SSSR count). The van der Waals surface area contributed by atoms with Gasteiger partial charge in [0.15, 0.2) is 0 Å². The first-order valence-corrected chi connectivity index (χ1v) is 5.90. The molecule has 2 aromatic heterocycles. The molecule has 0 fully saturated rings. The van der Waals surface area contributed by atoms with Crippen LogP contribution in [-0.4, -0.2) is 14.7 Å². The summed E-state index contributed by atoms with van der Waals surface area (Å²) in [4.78, 5) is 4.79. The van der Waals surface area contributed by atoms with Crippen molar-refractivity contribution in [2.75, 3.05) is 0 Å². The van der Waals surface area contributed by atoms with Gasteiger partial charge in [-0.05, 0) is 18.4 Å². The van der Waals surface area contributed by atoms with Gasteiger partial charge in [-0.3, -0.25) is 0 Å². The minimum atomic E-state index is -0.681. The van der Waals surface area contributed by atoms with Crippen molar-refractivity contribution in [1.29, 1.82) is 0 Å². The minimum Gasteiger partial charge on any atom is -0.381 e. The van der Waals surface area contributed by atoms with E-state index in [1.54, 1.807) is 18.6 Å². The fraction of sp³-hybridized carbons (Fsp3) is 0.300. The van der Waals surface area contributed by atoms with E-state index < -0.39 is 6.10 Å². The van der Waals surface area contributed by atoms with Crippen LogP contribution < -0.4 is 0 Å². The van der Waals surface area contributed by atoms with E-state index in [4.69, 9.17) is 11.6 Å². The molecule has 0 aliphatic heterocycles. The van der Waals surface area contributed by atoms with Crippen LogP contribution in [0.4, 0.5) is 0 Å². The van der Waals surface area contributed by atoms with E-state index in [1.165, 1.54) is 11.3 Å². The van der Waals surface area contributed by atoms with Crippen molar-refractivity contribution in [3.05, 3.63) is 39.6 Å². The lowest BCUT2D eigenvalue weighted by Gasteiger charge is -2.11. The first-order chi connectivity index (χ1) is 7.24. The van der Waals surface area contributed by atoms with Gasteiger partial charge in [-0.1, -0.05) is 11.6 Å². The van der Waals surface area contributed by atoms with Crippen molar-refractivity contribution in [2.45, 2.75) is 19.6 Å². The van der Waals surface area contributed by atoms with E-state index in [0.29, 0.717) is 5.02 Å². The lowest BCUT2D eigenvalue weighted by molar-refractivity contribution is 0.214. The molecule has 0 amide bonds. The van der Waals surface area contributed by atoms with Crippen LogP contribution in [0.2, 0.25) is 5.02 Å². The van der Waals surface area contributed by atoms with Crippen molar-refractivity contribution in [3.63, 3.8) is 0 Å². The highest BCUT2D eigenvalue weighted by Crippen LogP contribution is 2.32. The van der Waals surface area contributed by atoms with Gasteiger partial charge in [0.1, 0.15) is 6.10 Å². The Balaban J connectivity index is 2.36. The molecule has 0 spiro atoms. The minimum absolute atomic E-state index is 0.608. The Kier molecular flexibility index (Phi) is 3.09. The predicted octanol–water partition coefficient (Wildman–Crippen LogP) is 2.70. The summed E-state index contributed by atoms with van der Waals surface area (Å²) in [6.07, 6.45) is 2.70. The van der Waals surface area contributed by atoms with Crippen LogP contribution in [0.15, 0.2) is 24.0 Å². The van der Waals surface area contributed by atoms with Crippen LogP contribution in [0.25, 0.3) is 0 Å². The van der Waals surface area contributed by atoms with Crippen LogP contribution in [0.1, 0.15) is 23.6 Å². The van der Waals surface area contributed by atoms with Gasteiger partial charge in [0.2, 0.25) is 0 Å². The average Bonchev–Trinajstić information content (AvgIpc) is 2.84. The summed E-state index contributed by atoms with van der Waals surface area (Å²) in [7, 11) is 0. The number of aromatic nitrogens is 2. The maximum Gasteiger partial charge on any atom is 0.131 e. The van der Waals surface area contributed by atoms with Crippen molar-refractivity contribution in [1.82, 2.24) is 9.55 Å². The van der Waals surface area contributed by atoms with Crippen LogP contribution in [-0.2, 0) is 6.54 Å². The fourth-order valence-electron chi connectivity index (χ4n) is 1.46. The second kappa shape index (κ2) is 4.35. The van der Waals surface area contributed by atoms with Gasteiger partial charge < -0.3 is 9.67 Å². The molecule has 0 aliphatic rings. The first kappa shape index (κ1) is 10.7. The predicted molar refractivity (Wildman–Crippen MR) is 61.3 cm³/mol. The zero-order valence-corrected chi connectivity index (χ0v) is 9.79. The number of rotatable bonds is 3. The Labute approximate surface area is 97.0 Å². The van der Waals surface area contributed by atoms with Gasteiger partial charge >= 0.3 is 0 Å². The van der Waals surface area contributed by atoms with E-state index in [2.05, 4.69) is 4.98 Å². The largest absolute Gasteiger partial charge is 0.381 e. The number of aliphatic hydroxyl groups excluding tert-OH is 1. The van der Waals surface area contributed by atoms with Crippen molar-refractivity contribution >= 4 is 22.9 Å². The number of halogens is 1. The molecular formula is C10H11ClN2OS. The molecule has 1 N–H and O–H groups in total. The van der Waals surface area contributed by atoms with Crippen molar-refractivity contribution < 1.29 is 5.11 Å². The zero-order valence-electron chi connectivity index (χ0n) is 8.22. The second-order valence-electron chi connectivity index (χ2n) is 3.14. The van der Waals surface area contributed by atoms with E-state index >= 15 is 0 Å². The molecule has 0 radical (unpaired) electrons. The second-order valence-corrected chi connectivity index (χ2v) is 4.49. The number of aliphatic hydroxyl groups is 1. The highest BCUT2D eigenvalue weighted by molar-refractivity contribution is 7.10. The number of hydrogen-bond acceptors (Lipinski definition) is 3. The Bertz CT molecular complexity index is 452. The van der Waals surface area contributed by atoms with E-state index in [1.807, 2.05) is 16.9 Å². The van der Waals surface area contributed by atoms with Crippen LogP contribution in [0.5, 0.6) is 0 Å². The van der Waals surface area contributed by atoms with Gasteiger partial charge in [0.05, 0.1) is 28.1 Å². The zero-order chi connectivity index (χ0) is 10.8. The molecule has 0 aliphatic carbocycles. The molecule has 0 saturated carbocycles.